The van der Waals surface area contributed by atoms with Gasteiger partial charge in [0.05, 0.1) is 5.75 Å². The Kier molecular flexibility index (Phi) is 3.05. The summed E-state index contributed by atoms with van der Waals surface area (Å²) in [6, 6.07) is 9.82. The molecule has 1 radical (unpaired) electrons. The van der Waals surface area contributed by atoms with E-state index in [4.69, 9.17) is 5.11 Å². The molecule has 1 N–H and O–H groups in total. The number of aliphatic hydroxyl groups is 1. The summed E-state index contributed by atoms with van der Waals surface area (Å²) in [4.78, 5) is 1.10. The fourth-order valence-electron chi connectivity index (χ4n) is 0.635. The predicted octanol–water partition coefficient (Wildman–Crippen LogP) is 3.01. The lowest BCUT2D eigenvalue weighted by Crippen LogP contribution is -1.74. The minimum Gasteiger partial charge on any atom is -0.512 e. The number of rotatable bonds is 3. The maximum absolute atomic E-state index is 8.74. The molecule has 0 aliphatic carbocycles. The number of hydrogen-bond donors (Lipinski definition) is 1. The smallest absolute Gasteiger partial charge is 0.100 e. The van der Waals surface area contributed by atoms with Gasteiger partial charge in [-0.1, -0.05) is 24.8 Å². The third-order valence-corrected chi connectivity index (χ3v) is 2.01. The molecule has 1 rings (SSSR count). The van der Waals surface area contributed by atoms with Crippen LogP contribution in [0, 0.1) is 5.75 Å². The van der Waals surface area contributed by atoms with Crippen molar-refractivity contribution in [1.82, 2.24) is 0 Å². The van der Waals surface area contributed by atoms with Crippen LogP contribution < -0.4 is 0 Å². The molecule has 0 spiro atoms. The first kappa shape index (κ1) is 8.21. The number of benzene rings is 1. The molecular formula is C9H9OS. The van der Waals surface area contributed by atoms with Crippen LogP contribution >= 0.6 is 11.8 Å². The topological polar surface area (TPSA) is 20.2 Å². The first-order valence-corrected chi connectivity index (χ1v) is 4.10. The summed E-state index contributed by atoms with van der Waals surface area (Å²) in [5, 5.41) is 8.74. The van der Waals surface area contributed by atoms with E-state index in [1.54, 1.807) is 5.75 Å². The van der Waals surface area contributed by atoms with E-state index in [-0.39, 0.29) is 5.76 Å². The fourth-order valence-corrected chi connectivity index (χ4v) is 1.22. The van der Waals surface area contributed by atoms with Crippen molar-refractivity contribution in [3.05, 3.63) is 48.4 Å². The summed E-state index contributed by atoms with van der Waals surface area (Å²) in [6.45, 7) is 3.35. The van der Waals surface area contributed by atoms with Crippen LogP contribution in [0.15, 0.2) is 47.6 Å². The molecule has 11 heavy (non-hydrogen) atoms. The van der Waals surface area contributed by atoms with E-state index in [1.165, 1.54) is 11.8 Å². The normalized spacial score (nSPS) is 9.45. The quantitative estimate of drug-likeness (QED) is 0.548. The summed E-state index contributed by atoms with van der Waals surface area (Å²) in [6.07, 6.45) is 0. The van der Waals surface area contributed by atoms with Gasteiger partial charge in [0.25, 0.3) is 0 Å². The summed E-state index contributed by atoms with van der Waals surface area (Å²) >= 11 is 1.45. The van der Waals surface area contributed by atoms with Crippen molar-refractivity contribution >= 4 is 11.8 Å². The Labute approximate surface area is 70.8 Å². The van der Waals surface area contributed by atoms with E-state index < -0.39 is 0 Å². The maximum atomic E-state index is 8.74. The zero-order chi connectivity index (χ0) is 8.10. The highest BCUT2D eigenvalue weighted by Crippen LogP contribution is 2.21. The number of aliphatic hydroxyl groups excluding tert-OH is 1. The van der Waals surface area contributed by atoms with E-state index in [1.807, 2.05) is 30.3 Å². The van der Waals surface area contributed by atoms with Gasteiger partial charge in [-0.05, 0) is 12.1 Å². The van der Waals surface area contributed by atoms with E-state index in [9.17, 15) is 0 Å². The molecule has 0 saturated carbocycles. The second kappa shape index (κ2) is 4.09. The van der Waals surface area contributed by atoms with E-state index in [2.05, 4.69) is 6.58 Å². The van der Waals surface area contributed by atoms with Crippen LogP contribution in [-0.4, -0.2) is 5.11 Å². The minimum atomic E-state index is 0.0962. The molecule has 0 heterocycles. The molecule has 0 aliphatic heterocycles. The van der Waals surface area contributed by atoms with Gasteiger partial charge in [-0.15, -0.1) is 11.8 Å². The SMILES string of the molecule is C=C(O)[CH]Sc1ccccc1. The number of hydrogen-bond acceptors (Lipinski definition) is 2. The molecule has 2 heteroatoms. The summed E-state index contributed by atoms with van der Waals surface area (Å²) in [5.74, 6) is 1.70. The molecule has 1 nitrogen and oxygen atoms in total. The van der Waals surface area contributed by atoms with Crippen LogP contribution in [0.4, 0.5) is 0 Å². The van der Waals surface area contributed by atoms with E-state index >= 15 is 0 Å². The van der Waals surface area contributed by atoms with Crippen molar-refractivity contribution < 1.29 is 5.11 Å². The lowest BCUT2D eigenvalue weighted by atomic mass is 10.4. The largest absolute Gasteiger partial charge is 0.512 e. The van der Waals surface area contributed by atoms with Gasteiger partial charge in [-0.2, -0.15) is 0 Å². The average Bonchev–Trinajstić information content (AvgIpc) is 2.03. The third kappa shape index (κ3) is 3.14. The number of thioether (sulfide) groups is 1. The molecule has 0 aliphatic rings. The Morgan fingerprint density at radius 1 is 1.36 bits per heavy atom. The molecule has 0 bridgehead atoms. The first-order chi connectivity index (χ1) is 5.29. The molecule has 57 valence electrons. The van der Waals surface area contributed by atoms with E-state index in [0.717, 1.165) is 4.90 Å². The molecule has 0 amide bonds. The highest BCUT2D eigenvalue weighted by molar-refractivity contribution is 8.01. The van der Waals surface area contributed by atoms with Crippen LogP contribution in [0.3, 0.4) is 0 Å². The third-order valence-electron chi connectivity index (χ3n) is 1.07. The monoisotopic (exact) mass is 165 g/mol. The summed E-state index contributed by atoms with van der Waals surface area (Å²) in [7, 11) is 0. The predicted molar refractivity (Wildman–Crippen MR) is 48.4 cm³/mol. The van der Waals surface area contributed by atoms with Crippen LogP contribution in [0.5, 0.6) is 0 Å². The Hall–Kier alpha value is -0.890. The van der Waals surface area contributed by atoms with Crippen molar-refractivity contribution in [3.8, 4) is 0 Å². The van der Waals surface area contributed by atoms with Gasteiger partial charge >= 0.3 is 0 Å². The zero-order valence-corrected chi connectivity index (χ0v) is 6.84. The minimum absolute atomic E-state index is 0.0962. The van der Waals surface area contributed by atoms with Crippen molar-refractivity contribution in [2.75, 3.05) is 0 Å². The highest BCUT2D eigenvalue weighted by Gasteiger charge is 1.93. The first-order valence-electron chi connectivity index (χ1n) is 3.22. The average molecular weight is 165 g/mol. The molecule has 0 fully saturated rings. The summed E-state index contributed by atoms with van der Waals surface area (Å²) in [5.41, 5.74) is 0. The van der Waals surface area contributed by atoms with Crippen molar-refractivity contribution in [2.24, 2.45) is 0 Å². The molecule has 0 aromatic heterocycles. The van der Waals surface area contributed by atoms with Gasteiger partial charge < -0.3 is 5.11 Å². The Bertz CT molecular complexity index is 231. The molecular weight excluding hydrogens is 156 g/mol. The van der Waals surface area contributed by atoms with Crippen LogP contribution in [-0.2, 0) is 0 Å². The lowest BCUT2D eigenvalue weighted by molar-refractivity contribution is 0.431. The van der Waals surface area contributed by atoms with Crippen LogP contribution in [0.1, 0.15) is 0 Å². The second-order valence-electron chi connectivity index (χ2n) is 2.04. The molecule has 0 saturated heterocycles. The second-order valence-corrected chi connectivity index (χ2v) is 2.98. The van der Waals surface area contributed by atoms with Gasteiger partial charge in [0, 0.05) is 4.90 Å². The molecule has 1 aromatic rings. The molecule has 1 aromatic carbocycles. The Morgan fingerprint density at radius 3 is 2.55 bits per heavy atom. The van der Waals surface area contributed by atoms with Gasteiger partial charge in [0.15, 0.2) is 0 Å². The van der Waals surface area contributed by atoms with Gasteiger partial charge in [0.2, 0.25) is 0 Å². The Morgan fingerprint density at radius 2 is 2.00 bits per heavy atom. The van der Waals surface area contributed by atoms with Crippen LogP contribution in [0.2, 0.25) is 0 Å². The summed E-state index contributed by atoms with van der Waals surface area (Å²) < 4.78 is 0. The fraction of sp³-hybridized carbons (Fsp3) is 0. The standard InChI is InChI=1S/C9H9OS/c1-8(10)7-11-9-5-3-2-4-6-9/h2-7,10H,1H2. The molecule has 0 unspecified atom stereocenters. The van der Waals surface area contributed by atoms with E-state index in [0.29, 0.717) is 0 Å². The van der Waals surface area contributed by atoms with Crippen molar-refractivity contribution in [3.63, 3.8) is 0 Å². The van der Waals surface area contributed by atoms with Crippen LogP contribution in [0.25, 0.3) is 0 Å². The van der Waals surface area contributed by atoms with Gasteiger partial charge in [-0.25, -0.2) is 0 Å². The Balaban J connectivity index is 2.45. The zero-order valence-electron chi connectivity index (χ0n) is 6.03. The van der Waals surface area contributed by atoms with Gasteiger partial charge in [0.1, 0.15) is 5.76 Å². The molecule has 0 atom stereocenters. The lowest BCUT2D eigenvalue weighted by Gasteiger charge is -1.97. The maximum Gasteiger partial charge on any atom is 0.100 e. The highest BCUT2D eigenvalue weighted by atomic mass is 32.2. The van der Waals surface area contributed by atoms with Crippen molar-refractivity contribution in [1.29, 1.82) is 0 Å². The van der Waals surface area contributed by atoms with Gasteiger partial charge in [-0.3, -0.25) is 0 Å². The van der Waals surface area contributed by atoms with Crippen molar-refractivity contribution in [2.45, 2.75) is 4.90 Å².